The third-order valence-corrected chi connectivity index (χ3v) is 3.64. The summed E-state index contributed by atoms with van der Waals surface area (Å²) in [5, 5.41) is 0.698. The molecule has 0 unspecified atom stereocenters. The van der Waals surface area contributed by atoms with E-state index in [-0.39, 0.29) is 0 Å². The van der Waals surface area contributed by atoms with Crippen LogP contribution in [-0.2, 0) is 0 Å². The van der Waals surface area contributed by atoms with E-state index in [0.717, 1.165) is 27.6 Å². The lowest BCUT2D eigenvalue weighted by Crippen LogP contribution is -2.05. The molecule has 0 fully saturated rings. The fourth-order valence-electron chi connectivity index (χ4n) is 1.92. The number of nitrogens with zero attached hydrogens (tertiary/aromatic N) is 1. The first-order valence-electron chi connectivity index (χ1n) is 6.53. The predicted octanol–water partition coefficient (Wildman–Crippen LogP) is 3.20. The topological polar surface area (TPSA) is 69.4 Å². The molecule has 5 nitrogen and oxygen atoms in total. The Bertz CT molecular complexity index is 584. The summed E-state index contributed by atoms with van der Waals surface area (Å²) < 4.78 is 11.2. The maximum atomic E-state index is 5.64. The highest BCUT2D eigenvalue weighted by molar-refractivity contribution is 7.15. The summed E-state index contributed by atoms with van der Waals surface area (Å²) in [6, 6.07) is 5.85. The molecular formula is C14H19N3O2S. The van der Waals surface area contributed by atoms with E-state index in [2.05, 4.69) is 10.4 Å². The molecule has 0 amide bonds. The van der Waals surface area contributed by atoms with Gasteiger partial charge in [-0.15, -0.1) is 11.3 Å². The van der Waals surface area contributed by atoms with Gasteiger partial charge in [-0.2, -0.15) is 0 Å². The van der Waals surface area contributed by atoms with Crippen LogP contribution < -0.4 is 20.7 Å². The van der Waals surface area contributed by atoms with Crippen molar-refractivity contribution in [1.82, 2.24) is 4.98 Å². The largest absolute Gasteiger partial charge is 0.490 e. The van der Waals surface area contributed by atoms with Gasteiger partial charge < -0.3 is 9.47 Å². The molecule has 0 atom stereocenters. The minimum atomic E-state index is 0.592. The minimum absolute atomic E-state index is 0.592. The zero-order valence-corrected chi connectivity index (χ0v) is 12.7. The smallest absolute Gasteiger partial charge is 0.197 e. The molecule has 0 spiro atoms. The highest BCUT2D eigenvalue weighted by atomic mass is 32.1. The predicted molar refractivity (Wildman–Crippen MR) is 82.4 cm³/mol. The molecule has 0 saturated heterocycles. The van der Waals surface area contributed by atoms with Crippen LogP contribution in [0.3, 0.4) is 0 Å². The summed E-state index contributed by atoms with van der Waals surface area (Å²) in [4.78, 5) is 5.56. The van der Waals surface area contributed by atoms with Crippen molar-refractivity contribution in [3.63, 3.8) is 0 Å². The van der Waals surface area contributed by atoms with E-state index in [1.807, 2.05) is 39.0 Å². The lowest BCUT2D eigenvalue weighted by molar-refractivity contribution is 0.288. The van der Waals surface area contributed by atoms with Crippen molar-refractivity contribution in [2.75, 3.05) is 18.6 Å². The Morgan fingerprint density at radius 2 is 1.90 bits per heavy atom. The van der Waals surface area contributed by atoms with Crippen LogP contribution in [0.1, 0.15) is 18.7 Å². The van der Waals surface area contributed by atoms with E-state index in [9.17, 15) is 0 Å². The van der Waals surface area contributed by atoms with Crippen LogP contribution in [0.15, 0.2) is 18.2 Å². The van der Waals surface area contributed by atoms with Gasteiger partial charge in [0.05, 0.1) is 18.9 Å². The van der Waals surface area contributed by atoms with Crippen LogP contribution in [0, 0.1) is 6.92 Å². The first-order chi connectivity index (χ1) is 9.69. The second-order valence-corrected chi connectivity index (χ2v) is 5.30. The number of benzene rings is 1. The number of rotatable bonds is 6. The quantitative estimate of drug-likeness (QED) is 0.632. The Kier molecular flexibility index (Phi) is 4.81. The Labute approximate surface area is 122 Å². The van der Waals surface area contributed by atoms with Gasteiger partial charge in [-0.25, -0.2) is 10.8 Å². The molecule has 0 saturated carbocycles. The minimum Gasteiger partial charge on any atom is -0.490 e. The number of anilines is 1. The summed E-state index contributed by atoms with van der Waals surface area (Å²) in [5.74, 6) is 6.90. The summed E-state index contributed by atoms with van der Waals surface area (Å²) in [6.07, 6.45) is 0. The lowest BCUT2D eigenvalue weighted by atomic mass is 10.1. The zero-order valence-electron chi connectivity index (χ0n) is 11.9. The van der Waals surface area contributed by atoms with E-state index in [4.69, 9.17) is 15.3 Å². The number of aryl methyl sites for hydroxylation is 1. The summed E-state index contributed by atoms with van der Waals surface area (Å²) in [7, 11) is 0. The van der Waals surface area contributed by atoms with Gasteiger partial charge in [0.25, 0.3) is 0 Å². The normalized spacial score (nSPS) is 10.4. The van der Waals surface area contributed by atoms with E-state index in [0.29, 0.717) is 18.3 Å². The SMILES string of the molecule is CCOc1ccc(-c2nc(NN)sc2C)cc1OCC. The number of hydrogen-bond donors (Lipinski definition) is 2. The third-order valence-electron chi connectivity index (χ3n) is 2.74. The summed E-state index contributed by atoms with van der Waals surface area (Å²) in [6.45, 7) is 7.12. The van der Waals surface area contributed by atoms with Crippen molar-refractivity contribution in [3.8, 4) is 22.8 Å². The van der Waals surface area contributed by atoms with Gasteiger partial charge in [-0.3, -0.25) is 5.43 Å². The third kappa shape index (κ3) is 3.02. The van der Waals surface area contributed by atoms with Crippen LogP contribution in [-0.4, -0.2) is 18.2 Å². The number of nitrogens with one attached hydrogen (secondary N) is 1. The van der Waals surface area contributed by atoms with Crippen molar-refractivity contribution in [2.24, 2.45) is 5.84 Å². The maximum absolute atomic E-state index is 5.64. The van der Waals surface area contributed by atoms with E-state index < -0.39 is 0 Å². The molecule has 0 radical (unpaired) electrons. The van der Waals surface area contributed by atoms with Gasteiger partial charge in [-0.1, -0.05) is 0 Å². The Balaban J connectivity index is 2.41. The van der Waals surface area contributed by atoms with Gasteiger partial charge in [0.1, 0.15) is 0 Å². The first kappa shape index (κ1) is 14.6. The van der Waals surface area contributed by atoms with E-state index in [1.165, 1.54) is 11.3 Å². The van der Waals surface area contributed by atoms with Crippen LogP contribution in [0.5, 0.6) is 11.5 Å². The molecule has 0 aliphatic rings. The van der Waals surface area contributed by atoms with Gasteiger partial charge in [0.15, 0.2) is 16.6 Å². The number of hydrazine groups is 1. The second kappa shape index (κ2) is 6.58. The average molecular weight is 293 g/mol. The average Bonchev–Trinajstić information content (AvgIpc) is 2.82. The van der Waals surface area contributed by atoms with Gasteiger partial charge in [-0.05, 0) is 39.0 Å². The molecule has 1 aromatic heterocycles. The molecule has 108 valence electrons. The van der Waals surface area contributed by atoms with Crippen molar-refractivity contribution in [2.45, 2.75) is 20.8 Å². The fraction of sp³-hybridized carbons (Fsp3) is 0.357. The van der Waals surface area contributed by atoms with Crippen LogP contribution in [0.4, 0.5) is 5.13 Å². The lowest BCUT2D eigenvalue weighted by Gasteiger charge is -2.12. The van der Waals surface area contributed by atoms with Crippen LogP contribution in [0.25, 0.3) is 11.3 Å². The first-order valence-corrected chi connectivity index (χ1v) is 7.35. The highest BCUT2D eigenvalue weighted by Gasteiger charge is 2.13. The number of ether oxygens (including phenoxy) is 2. The molecular weight excluding hydrogens is 274 g/mol. The number of aromatic nitrogens is 1. The molecule has 2 aromatic rings. The molecule has 0 aliphatic heterocycles. The van der Waals surface area contributed by atoms with Crippen molar-refractivity contribution >= 4 is 16.5 Å². The number of thiazole rings is 1. The molecule has 2 rings (SSSR count). The zero-order chi connectivity index (χ0) is 14.5. The fourth-order valence-corrected chi connectivity index (χ4v) is 2.67. The molecule has 1 aromatic carbocycles. The second-order valence-electron chi connectivity index (χ2n) is 4.10. The number of nitrogens with two attached hydrogens (primary N) is 1. The molecule has 0 aliphatic carbocycles. The maximum Gasteiger partial charge on any atom is 0.197 e. The van der Waals surface area contributed by atoms with Crippen LogP contribution >= 0.6 is 11.3 Å². The Morgan fingerprint density at radius 3 is 2.50 bits per heavy atom. The van der Waals surface area contributed by atoms with Crippen molar-refractivity contribution in [1.29, 1.82) is 0 Å². The molecule has 0 bridgehead atoms. The summed E-state index contributed by atoms with van der Waals surface area (Å²) >= 11 is 1.52. The number of nitrogen functional groups attached to an aromatic ring is 1. The molecule has 1 heterocycles. The molecule has 3 N–H and O–H groups in total. The highest BCUT2D eigenvalue weighted by Crippen LogP contribution is 2.36. The van der Waals surface area contributed by atoms with Gasteiger partial charge in [0.2, 0.25) is 0 Å². The van der Waals surface area contributed by atoms with Gasteiger partial charge in [0, 0.05) is 10.4 Å². The number of hydrogen-bond acceptors (Lipinski definition) is 6. The molecule has 6 heteroatoms. The Hall–Kier alpha value is -1.79. The standard InChI is InChI=1S/C14H19N3O2S/c1-4-18-11-7-6-10(8-12(11)19-5-2)13-9(3)20-14(16-13)17-15/h6-8H,4-5,15H2,1-3H3,(H,16,17). The monoisotopic (exact) mass is 293 g/mol. The van der Waals surface area contributed by atoms with E-state index in [1.54, 1.807) is 0 Å². The van der Waals surface area contributed by atoms with Crippen molar-refractivity contribution in [3.05, 3.63) is 23.1 Å². The Morgan fingerprint density at radius 1 is 1.20 bits per heavy atom. The molecule has 20 heavy (non-hydrogen) atoms. The van der Waals surface area contributed by atoms with E-state index >= 15 is 0 Å². The van der Waals surface area contributed by atoms with Crippen molar-refractivity contribution < 1.29 is 9.47 Å². The van der Waals surface area contributed by atoms with Crippen LogP contribution in [0.2, 0.25) is 0 Å². The summed E-state index contributed by atoms with van der Waals surface area (Å²) in [5.41, 5.74) is 4.48. The van der Waals surface area contributed by atoms with Gasteiger partial charge >= 0.3 is 0 Å².